The summed E-state index contributed by atoms with van der Waals surface area (Å²) in [5, 5.41) is 8.52. The van der Waals surface area contributed by atoms with Gasteiger partial charge in [-0.15, -0.1) is 0 Å². The molecular formula is C15H30O8. The normalized spacial score (nSPS) is 12.3. The Morgan fingerprint density at radius 1 is 0.826 bits per heavy atom. The molecule has 8 heteroatoms. The van der Waals surface area contributed by atoms with Gasteiger partial charge in [0.2, 0.25) is 0 Å². The second-order valence-electron chi connectivity index (χ2n) is 4.48. The van der Waals surface area contributed by atoms with Crippen molar-refractivity contribution >= 4 is 6.16 Å². The van der Waals surface area contributed by atoms with Crippen molar-refractivity contribution in [1.82, 2.24) is 0 Å². The van der Waals surface area contributed by atoms with E-state index < -0.39 is 6.16 Å². The van der Waals surface area contributed by atoms with E-state index in [1.54, 1.807) is 0 Å². The lowest BCUT2D eigenvalue weighted by Gasteiger charge is -2.17. The van der Waals surface area contributed by atoms with Gasteiger partial charge in [0.05, 0.1) is 45.7 Å². The van der Waals surface area contributed by atoms with Crippen LogP contribution in [0.2, 0.25) is 0 Å². The summed E-state index contributed by atoms with van der Waals surface area (Å²) >= 11 is 0. The van der Waals surface area contributed by atoms with Crippen LogP contribution in [0.1, 0.15) is 20.3 Å². The molecule has 0 aliphatic carbocycles. The third kappa shape index (κ3) is 17.3. The molecule has 1 unspecified atom stereocenters. The van der Waals surface area contributed by atoms with Crippen LogP contribution in [0.4, 0.5) is 4.79 Å². The SMILES string of the molecule is CCOCCOCCOCCOC(CCOCC)COC(=O)O. The highest BCUT2D eigenvalue weighted by Crippen LogP contribution is 2.01. The molecule has 1 atom stereocenters. The van der Waals surface area contributed by atoms with Crippen LogP contribution in [0, 0.1) is 0 Å². The minimum Gasteiger partial charge on any atom is -0.450 e. The Kier molecular flexibility index (Phi) is 16.7. The summed E-state index contributed by atoms with van der Waals surface area (Å²) in [7, 11) is 0. The van der Waals surface area contributed by atoms with E-state index >= 15 is 0 Å². The quantitative estimate of drug-likeness (QED) is 0.315. The molecule has 0 saturated heterocycles. The van der Waals surface area contributed by atoms with Crippen molar-refractivity contribution < 1.29 is 38.3 Å². The summed E-state index contributed by atoms with van der Waals surface area (Å²) in [5.74, 6) is 0. The molecule has 23 heavy (non-hydrogen) atoms. The van der Waals surface area contributed by atoms with Crippen LogP contribution in [-0.2, 0) is 28.4 Å². The van der Waals surface area contributed by atoms with Gasteiger partial charge in [-0.05, 0) is 13.8 Å². The first-order valence-corrected chi connectivity index (χ1v) is 7.99. The predicted octanol–water partition coefficient (Wildman–Crippen LogP) is 1.56. The minimum absolute atomic E-state index is 0.0110. The zero-order chi connectivity index (χ0) is 17.2. The number of ether oxygens (including phenoxy) is 6. The Bertz CT molecular complexity index is 262. The lowest BCUT2D eigenvalue weighted by molar-refractivity contribution is -0.0490. The molecule has 0 aromatic heterocycles. The van der Waals surface area contributed by atoms with Crippen molar-refractivity contribution in [1.29, 1.82) is 0 Å². The van der Waals surface area contributed by atoms with Crippen LogP contribution in [0.15, 0.2) is 0 Å². The Hall–Kier alpha value is -0.930. The predicted molar refractivity (Wildman–Crippen MR) is 83.0 cm³/mol. The topological polar surface area (TPSA) is 92.7 Å². The van der Waals surface area contributed by atoms with Gasteiger partial charge >= 0.3 is 6.16 Å². The molecule has 0 radical (unpaired) electrons. The highest BCUT2D eigenvalue weighted by molar-refractivity contribution is 5.56. The van der Waals surface area contributed by atoms with Gasteiger partial charge in [0.1, 0.15) is 6.61 Å². The second-order valence-corrected chi connectivity index (χ2v) is 4.48. The van der Waals surface area contributed by atoms with Crippen LogP contribution in [-0.4, -0.2) is 83.4 Å². The summed E-state index contributed by atoms with van der Waals surface area (Å²) < 4.78 is 31.1. The third-order valence-electron chi connectivity index (χ3n) is 2.71. The van der Waals surface area contributed by atoms with Crippen molar-refractivity contribution in [2.45, 2.75) is 26.4 Å². The van der Waals surface area contributed by atoms with Crippen LogP contribution < -0.4 is 0 Å². The Morgan fingerprint density at radius 2 is 1.35 bits per heavy atom. The van der Waals surface area contributed by atoms with Gasteiger partial charge in [0.25, 0.3) is 0 Å². The monoisotopic (exact) mass is 338 g/mol. The maximum absolute atomic E-state index is 10.4. The average molecular weight is 338 g/mol. The fourth-order valence-corrected chi connectivity index (χ4v) is 1.60. The number of rotatable bonds is 17. The molecule has 0 aromatic carbocycles. The van der Waals surface area contributed by atoms with Gasteiger partial charge < -0.3 is 33.5 Å². The Labute approximate surface area is 137 Å². The first kappa shape index (κ1) is 22.1. The number of carbonyl (C=O) groups is 1. The van der Waals surface area contributed by atoms with E-state index in [1.807, 2.05) is 13.8 Å². The molecule has 0 aromatic rings. The lowest BCUT2D eigenvalue weighted by atomic mass is 10.3. The summed E-state index contributed by atoms with van der Waals surface area (Å²) in [6.45, 7) is 8.51. The molecule has 0 rings (SSSR count). The molecule has 0 aliphatic heterocycles. The standard InChI is InChI=1S/C15H30O8/c1-3-18-6-5-14(13-23-15(16)17)22-12-11-21-10-9-20-8-7-19-4-2/h14H,3-13H2,1-2H3,(H,16,17). The van der Waals surface area contributed by atoms with E-state index in [0.29, 0.717) is 65.9 Å². The van der Waals surface area contributed by atoms with Crippen LogP contribution in [0.5, 0.6) is 0 Å². The molecule has 138 valence electrons. The first-order chi connectivity index (χ1) is 11.2. The van der Waals surface area contributed by atoms with E-state index in [2.05, 4.69) is 4.74 Å². The van der Waals surface area contributed by atoms with Crippen molar-refractivity contribution in [3.8, 4) is 0 Å². The largest absolute Gasteiger partial charge is 0.505 e. The van der Waals surface area contributed by atoms with Crippen LogP contribution in [0.25, 0.3) is 0 Å². The molecule has 0 heterocycles. The minimum atomic E-state index is -1.31. The number of hydrogen-bond donors (Lipinski definition) is 1. The number of hydrogen-bond acceptors (Lipinski definition) is 7. The van der Waals surface area contributed by atoms with Crippen LogP contribution >= 0.6 is 0 Å². The molecule has 0 amide bonds. The Morgan fingerprint density at radius 3 is 1.91 bits per heavy atom. The third-order valence-corrected chi connectivity index (χ3v) is 2.71. The zero-order valence-electron chi connectivity index (χ0n) is 14.2. The molecule has 0 aliphatic rings. The van der Waals surface area contributed by atoms with Crippen molar-refractivity contribution in [3.05, 3.63) is 0 Å². The first-order valence-electron chi connectivity index (χ1n) is 7.99. The molecule has 0 saturated carbocycles. The van der Waals surface area contributed by atoms with Gasteiger partial charge in [-0.2, -0.15) is 0 Å². The van der Waals surface area contributed by atoms with E-state index in [9.17, 15) is 4.79 Å². The summed E-state index contributed by atoms with van der Waals surface area (Å²) in [6, 6.07) is 0. The summed E-state index contributed by atoms with van der Waals surface area (Å²) in [6.07, 6.45) is -1.07. The van der Waals surface area contributed by atoms with Crippen molar-refractivity contribution in [2.24, 2.45) is 0 Å². The van der Waals surface area contributed by atoms with E-state index in [-0.39, 0.29) is 12.7 Å². The maximum Gasteiger partial charge on any atom is 0.505 e. The summed E-state index contributed by atoms with van der Waals surface area (Å²) in [4.78, 5) is 10.4. The Balaban J connectivity index is 3.54. The van der Waals surface area contributed by atoms with Gasteiger partial charge in [0, 0.05) is 26.2 Å². The van der Waals surface area contributed by atoms with Gasteiger partial charge in [0.15, 0.2) is 0 Å². The molecule has 0 spiro atoms. The lowest BCUT2D eigenvalue weighted by Crippen LogP contribution is -2.25. The highest BCUT2D eigenvalue weighted by Gasteiger charge is 2.12. The molecule has 0 bridgehead atoms. The molecule has 0 fully saturated rings. The smallest absolute Gasteiger partial charge is 0.450 e. The molecule has 8 nitrogen and oxygen atoms in total. The van der Waals surface area contributed by atoms with Gasteiger partial charge in [-0.1, -0.05) is 0 Å². The van der Waals surface area contributed by atoms with Gasteiger partial charge in [-0.3, -0.25) is 0 Å². The average Bonchev–Trinajstić information content (AvgIpc) is 2.53. The fraction of sp³-hybridized carbons (Fsp3) is 0.933. The molecule has 1 N–H and O–H groups in total. The van der Waals surface area contributed by atoms with Gasteiger partial charge in [-0.25, -0.2) is 4.79 Å². The molecular weight excluding hydrogens is 308 g/mol. The van der Waals surface area contributed by atoms with Crippen LogP contribution in [0.3, 0.4) is 0 Å². The van der Waals surface area contributed by atoms with Crippen molar-refractivity contribution in [2.75, 3.05) is 66.1 Å². The number of carboxylic acid groups (broad SMARTS) is 1. The van der Waals surface area contributed by atoms with Crippen molar-refractivity contribution in [3.63, 3.8) is 0 Å². The van der Waals surface area contributed by atoms with E-state index in [1.165, 1.54) is 0 Å². The van der Waals surface area contributed by atoms with E-state index in [0.717, 1.165) is 0 Å². The fourth-order valence-electron chi connectivity index (χ4n) is 1.60. The second kappa shape index (κ2) is 17.4. The zero-order valence-corrected chi connectivity index (χ0v) is 14.2. The summed E-state index contributed by atoms with van der Waals surface area (Å²) in [5.41, 5.74) is 0. The van der Waals surface area contributed by atoms with E-state index in [4.69, 9.17) is 28.8 Å². The highest BCUT2D eigenvalue weighted by atomic mass is 16.7. The maximum atomic E-state index is 10.4.